The summed E-state index contributed by atoms with van der Waals surface area (Å²) in [6, 6.07) is 5.05. The molecule has 28 heavy (non-hydrogen) atoms. The number of aliphatic hydroxyl groups is 1. The van der Waals surface area contributed by atoms with Gasteiger partial charge in [-0.2, -0.15) is 0 Å². The van der Waals surface area contributed by atoms with Gasteiger partial charge in [-0.3, -0.25) is 0 Å². The summed E-state index contributed by atoms with van der Waals surface area (Å²) in [6.07, 6.45) is 5.61. The number of hydrogen-bond donors (Lipinski definition) is 1. The highest BCUT2D eigenvalue weighted by Crippen LogP contribution is 2.27. The number of oxazole rings is 1. The van der Waals surface area contributed by atoms with E-state index in [4.69, 9.17) is 19.0 Å². The van der Waals surface area contributed by atoms with Crippen molar-refractivity contribution in [3.63, 3.8) is 0 Å². The molecule has 2 aromatic heterocycles. The summed E-state index contributed by atoms with van der Waals surface area (Å²) in [4.78, 5) is 12.0. The number of halogens is 1. The molecule has 1 N–H and O–H groups in total. The number of aliphatic hydroxyl groups excluding tert-OH is 1. The summed E-state index contributed by atoms with van der Waals surface area (Å²) >= 11 is 1.58. The Balaban J connectivity index is 1.46. The van der Waals surface area contributed by atoms with E-state index in [0.717, 1.165) is 29.6 Å². The number of hydrogen-bond acceptors (Lipinski definition) is 8. The summed E-state index contributed by atoms with van der Waals surface area (Å²) in [5.41, 5.74) is 1.20. The molecular weight excluding hydrogens is 385 g/mol. The fraction of sp³-hybridized carbons (Fsp3) is 0.368. The number of benzene rings is 1. The van der Waals surface area contributed by atoms with Gasteiger partial charge in [-0.05, 0) is 24.6 Å². The number of nitrogens with zero attached hydrogens (tertiary/aromatic N) is 3. The maximum Gasteiger partial charge on any atom is 0.220 e. The van der Waals surface area contributed by atoms with Crippen molar-refractivity contribution >= 4 is 39.7 Å². The van der Waals surface area contributed by atoms with Crippen LogP contribution in [0.1, 0.15) is 17.2 Å². The van der Waals surface area contributed by atoms with Gasteiger partial charge < -0.3 is 23.9 Å². The second-order valence-electron chi connectivity index (χ2n) is 6.29. The molecule has 148 valence electrons. The van der Waals surface area contributed by atoms with Crippen LogP contribution in [0.15, 0.2) is 28.8 Å². The lowest BCUT2D eigenvalue weighted by Gasteiger charge is -2.25. The Kier molecular flexibility index (Phi) is 5.84. The molecular formula is C19H20FN3O4S. The van der Waals surface area contributed by atoms with Crippen molar-refractivity contribution in [3.8, 4) is 5.75 Å². The molecule has 4 rings (SSSR count). The van der Waals surface area contributed by atoms with Crippen molar-refractivity contribution in [1.29, 1.82) is 0 Å². The number of fused-ring (bicyclic) bond motifs is 1. The number of aromatic nitrogens is 2. The van der Waals surface area contributed by atoms with Crippen LogP contribution in [0.5, 0.6) is 5.75 Å². The van der Waals surface area contributed by atoms with Crippen molar-refractivity contribution in [1.82, 2.24) is 9.97 Å². The zero-order valence-corrected chi connectivity index (χ0v) is 15.9. The molecule has 1 aliphatic rings. The van der Waals surface area contributed by atoms with Gasteiger partial charge in [0.15, 0.2) is 10.7 Å². The van der Waals surface area contributed by atoms with Gasteiger partial charge in [0.05, 0.1) is 13.2 Å². The number of thiazole rings is 1. The smallest absolute Gasteiger partial charge is 0.220 e. The number of ether oxygens (including phenoxy) is 2. The third kappa shape index (κ3) is 4.32. The van der Waals surface area contributed by atoms with Crippen LogP contribution < -0.4 is 9.64 Å². The molecule has 0 aliphatic carbocycles. The normalized spacial score (nSPS) is 16.1. The third-order valence-corrected chi connectivity index (χ3v) is 5.21. The van der Waals surface area contributed by atoms with Crippen LogP contribution in [0.3, 0.4) is 0 Å². The minimum absolute atomic E-state index is 0.390. The molecule has 9 heteroatoms. The molecule has 1 atom stereocenters. The fourth-order valence-electron chi connectivity index (χ4n) is 2.78. The first-order valence-corrected chi connectivity index (χ1v) is 9.77. The van der Waals surface area contributed by atoms with Crippen LogP contribution in [-0.4, -0.2) is 54.3 Å². The lowest BCUT2D eigenvalue weighted by Crippen LogP contribution is -2.32. The van der Waals surface area contributed by atoms with Gasteiger partial charge in [0.25, 0.3) is 0 Å². The first-order valence-electron chi connectivity index (χ1n) is 8.96. The minimum atomic E-state index is -0.884. The van der Waals surface area contributed by atoms with Crippen molar-refractivity contribution in [2.45, 2.75) is 12.5 Å². The molecule has 1 unspecified atom stereocenters. The highest BCUT2D eigenvalue weighted by molar-refractivity contribution is 7.16. The Labute approximate surface area is 165 Å². The molecule has 0 saturated carbocycles. The Morgan fingerprint density at radius 1 is 1.39 bits per heavy atom. The minimum Gasteiger partial charge on any atom is -0.485 e. The third-order valence-electron chi connectivity index (χ3n) is 4.19. The first-order chi connectivity index (χ1) is 13.7. The zero-order chi connectivity index (χ0) is 19.3. The highest BCUT2D eigenvalue weighted by atomic mass is 32.1. The van der Waals surface area contributed by atoms with Gasteiger partial charge in [-0.1, -0.05) is 11.3 Å². The molecule has 0 radical (unpaired) electrons. The lowest BCUT2D eigenvalue weighted by molar-refractivity contribution is 0.0932. The molecule has 3 heterocycles. The van der Waals surface area contributed by atoms with Gasteiger partial charge in [-0.25, -0.2) is 14.4 Å². The molecule has 1 saturated heterocycles. The van der Waals surface area contributed by atoms with Crippen LogP contribution in [0.4, 0.5) is 9.52 Å². The Hall–Kier alpha value is -2.49. The predicted octanol–water partition coefficient (Wildman–Crippen LogP) is 3.35. The number of alkyl halides is 1. The summed E-state index contributed by atoms with van der Waals surface area (Å²) in [7, 11) is 0. The summed E-state index contributed by atoms with van der Waals surface area (Å²) in [5.74, 6) is 0.874. The number of anilines is 1. The van der Waals surface area contributed by atoms with Gasteiger partial charge in [0, 0.05) is 29.8 Å². The van der Waals surface area contributed by atoms with E-state index in [1.54, 1.807) is 35.6 Å². The van der Waals surface area contributed by atoms with Crippen molar-refractivity contribution in [2.24, 2.45) is 0 Å². The maximum atomic E-state index is 12.7. The first kappa shape index (κ1) is 18.9. The monoisotopic (exact) mass is 405 g/mol. The van der Waals surface area contributed by atoms with Gasteiger partial charge >= 0.3 is 0 Å². The Bertz CT molecular complexity index is 948. The van der Waals surface area contributed by atoms with Crippen LogP contribution in [0.2, 0.25) is 0 Å². The van der Waals surface area contributed by atoms with Gasteiger partial charge in [0.1, 0.15) is 30.8 Å². The average Bonchev–Trinajstić information content (AvgIpc) is 3.37. The van der Waals surface area contributed by atoms with Crippen molar-refractivity contribution in [2.75, 3.05) is 38.1 Å². The standard InChI is InChI=1S/C19H20FN3O4S/c20-9-14(11-24)26-13-2-4-16-17(8-13)27-18(22-16)5-3-15-10-21-19(28-15)23-6-1-7-25-12-23/h2-5,8,10,14,24H,1,6-7,9,11-12H2. The Morgan fingerprint density at radius 2 is 2.32 bits per heavy atom. The second kappa shape index (κ2) is 8.68. The summed E-state index contributed by atoms with van der Waals surface area (Å²) in [5, 5.41) is 9.98. The maximum absolute atomic E-state index is 12.7. The Morgan fingerprint density at radius 3 is 3.11 bits per heavy atom. The van der Waals surface area contributed by atoms with E-state index in [2.05, 4.69) is 14.9 Å². The quantitative estimate of drug-likeness (QED) is 0.646. The van der Waals surface area contributed by atoms with Crippen molar-refractivity contribution in [3.05, 3.63) is 35.2 Å². The molecule has 0 spiro atoms. The molecule has 7 nitrogen and oxygen atoms in total. The molecule has 1 fully saturated rings. The van der Waals surface area contributed by atoms with Gasteiger partial charge in [0.2, 0.25) is 5.89 Å². The van der Waals surface area contributed by atoms with Crippen molar-refractivity contribution < 1.29 is 23.4 Å². The SMILES string of the molecule is OCC(CF)Oc1ccc2nc(C=Cc3cnc(N4CCCOC4)s3)oc2c1. The van der Waals surface area contributed by atoms with E-state index < -0.39 is 12.8 Å². The average molecular weight is 405 g/mol. The fourth-order valence-corrected chi connectivity index (χ4v) is 3.61. The second-order valence-corrected chi connectivity index (χ2v) is 7.33. The highest BCUT2D eigenvalue weighted by Gasteiger charge is 2.14. The van der Waals surface area contributed by atoms with E-state index in [9.17, 15) is 4.39 Å². The predicted molar refractivity (Wildman–Crippen MR) is 105 cm³/mol. The van der Waals surface area contributed by atoms with Crippen LogP contribution >= 0.6 is 11.3 Å². The number of rotatable bonds is 7. The van der Waals surface area contributed by atoms with E-state index in [1.165, 1.54) is 0 Å². The van der Waals surface area contributed by atoms with Gasteiger partial charge in [-0.15, -0.1) is 0 Å². The van der Waals surface area contributed by atoms with E-state index in [-0.39, 0.29) is 6.61 Å². The van der Waals surface area contributed by atoms with E-state index in [1.807, 2.05) is 12.3 Å². The molecule has 1 aliphatic heterocycles. The van der Waals surface area contributed by atoms with Crippen LogP contribution in [0, 0.1) is 0 Å². The molecule has 0 bridgehead atoms. The molecule has 0 amide bonds. The van der Waals surface area contributed by atoms with E-state index >= 15 is 0 Å². The van der Waals surface area contributed by atoms with E-state index in [0.29, 0.717) is 29.5 Å². The largest absolute Gasteiger partial charge is 0.485 e. The van der Waals surface area contributed by atoms with Crippen LogP contribution in [0.25, 0.3) is 23.3 Å². The molecule has 3 aromatic rings. The molecule has 1 aromatic carbocycles. The van der Waals surface area contributed by atoms with Crippen LogP contribution in [-0.2, 0) is 4.74 Å². The lowest BCUT2D eigenvalue weighted by atomic mass is 10.3. The summed E-state index contributed by atoms with van der Waals surface area (Å²) < 4.78 is 29.3. The summed E-state index contributed by atoms with van der Waals surface area (Å²) in [6.45, 7) is 1.17. The zero-order valence-electron chi connectivity index (χ0n) is 15.1. The topological polar surface area (TPSA) is 80.9 Å².